The Bertz CT molecular complexity index is 391. The zero-order valence-corrected chi connectivity index (χ0v) is 6.48. The van der Waals surface area contributed by atoms with E-state index < -0.39 is 12.4 Å². The van der Waals surface area contributed by atoms with Gasteiger partial charge in [-0.05, 0) is 6.92 Å². The summed E-state index contributed by atoms with van der Waals surface area (Å²) in [5, 5.41) is 17.7. The number of nitrogens with zero attached hydrogens (tertiary/aromatic N) is 2. The third-order valence-corrected chi connectivity index (χ3v) is 1.33. The minimum atomic E-state index is -0.553. The zero-order valence-electron chi connectivity index (χ0n) is 6.48. The van der Waals surface area contributed by atoms with E-state index in [1.807, 2.05) is 0 Å². The Balaban J connectivity index is 3.33. The Kier molecular flexibility index (Phi) is 2.21. The Labute approximate surface area is 68.5 Å². The van der Waals surface area contributed by atoms with Gasteiger partial charge in [0.2, 0.25) is 5.88 Å². The molecule has 0 aromatic carbocycles. The third-order valence-electron chi connectivity index (χ3n) is 1.33. The monoisotopic (exact) mass is 168 g/mol. The molecule has 5 nitrogen and oxygen atoms in total. The Morgan fingerprint density at radius 1 is 1.67 bits per heavy atom. The molecule has 0 atom stereocenters. The molecule has 0 aliphatic carbocycles. The number of hydrogen-bond acceptors (Lipinski definition) is 3. The highest BCUT2D eigenvalue weighted by molar-refractivity contribution is 5.12. The predicted octanol–water partition coefficient (Wildman–Crippen LogP) is -0.866. The molecule has 0 saturated heterocycles. The van der Waals surface area contributed by atoms with Gasteiger partial charge >= 0.3 is 5.69 Å². The van der Waals surface area contributed by atoms with Crippen LogP contribution in [-0.4, -0.2) is 19.3 Å². The number of aromatic hydroxyl groups is 1. The van der Waals surface area contributed by atoms with Crippen molar-refractivity contribution in [1.82, 2.24) is 9.13 Å². The average molecular weight is 168 g/mol. The fraction of sp³-hybridized carbons (Fsp3) is 0.286. The lowest BCUT2D eigenvalue weighted by Crippen LogP contribution is -2.21. The third kappa shape index (κ3) is 1.20. The van der Waals surface area contributed by atoms with Gasteiger partial charge in [-0.2, -0.15) is 0 Å². The fourth-order valence-corrected chi connectivity index (χ4v) is 0.802. The second-order valence-corrected chi connectivity index (χ2v) is 2.07. The Hall–Kier alpha value is -1.67. The topological polar surface area (TPSA) is 67.4 Å². The first-order valence-corrected chi connectivity index (χ1v) is 3.25. The molecular weight excluding hydrogens is 160 g/mol. The Morgan fingerprint density at radius 3 is 2.75 bits per heavy atom. The van der Waals surface area contributed by atoms with Crippen LogP contribution < -0.4 is 5.69 Å². The lowest BCUT2D eigenvalue weighted by atomic mass is 10.7. The summed E-state index contributed by atoms with van der Waals surface area (Å²) in [6, 6.07) is 2.43. The number of aromatic nitrogens is 2. The summed E-state index contributed by atoms with van der Waals surface area (Å²) in [5.74, 6) is 2.20. The maximum absolute atomic E-state index is 11.1. The zero-order chi connectivity index (χ0) is 9.14. The van der Waals surface area contributed by atoms with E-state index in [9.17, 15) is 4.79 Å². The summed E-state index contributed by atoms with van der Waals surface area (Å²) in [7, 11) is 0. The quantitative estimate of drug-likeness (QED) is 0.536. The molecule has 1 rings (SSSR count). The van der Waals surface area contributed by atoms with E-state index in [-0.39, 0.29) is 5.88 Å². The van der Waals surface area contributed by atoms with Crippen molar-refractivity contribution < 1.29 is 10.2 Å². The molecule has 0 radical (unpaired) electrons. The Morgan fingerprint density at radius 2 is 2.33 bits per heavy atom. The van der Waals surface area contributed by atoms with Gasteiger partial charge in [-0.1, -0.05) is 5.92 Å². The van der Waals surface area contributed by atoms with Crippen molar-refractivity contribution in [3.8, 4) is 17.8 Å². The molecule has 0 spiro atoms. The van der Waals surface area contributed by atoms with Crippen LogP contribution in [0, 0.1) is 12.0 Å². The summed E-state index contributed by atoms with van der Waals surface area (Å²) >= 11 is 0. The average Bonchev–Trinajstić information content (AvgIpc) is 2.29. The second-order valence-electron chi connectivity index (χ2n) is 2.07. The van der Waals surface area contributed by atoms with Gasteiger partial charge in [0.25, 0.3) is 0 Å². The maximum Gasteiger partial charge on any atom is 0.344 e. The predicted molar refractivity (Wildman–Crippen MR) is 41.4 cm³/mol. The second kappa shape index (κ2) is 3.15. The lowest BCUT2D eigenvalue weighted by molar-refractivity contribution is 0.192. The summed E-state index contributed by atoms with van der Waals surface area (Å²) in [5.41, 5.74) is -0.552. The molecule has 5 heteroatoms. The van der Waals surface area contributed by atoms with Gasteiger partial charge in [0, 0.05) is 6.04 Å². The number of imidazole rings is 1. The smallest absolute Gasteiger partial charge is 0.344 e. The molecular formula is C7H8N2O3. The van der Waals surface area contributed by atoms with Gasteiger partial charge in [0.05, 0.1) is 6.20 Å². The minimum Gasteiger partial charge on any atom is -0.493 e. The largest absolute Gasteiger partial charge is 0.493 e. The van der Waals surface area contributed by atoms with Crippen LogP contribution in [0.5, 0.6) is 5.88 Å². The van der Waals surface area contributed by atoms with Crippen molar-refractivity contribution in [3.63, 3.8) is 0 Å². The SMILES string of the molecule is CC#Cn1cc(O)n(CO)c1=O. The molecule has 0 unspecified atom stereocenters. The molecule has 1 heterocycles. The summed E-state index contributed by atoms with van der Waals surface area (Å²) < 4.78 is 1.80. The maximum atomic E-state index is 11.1. The summed E-state index contributed by atoms with van der Waals surface area (Å²) in [4.78, 5) is 11.1. The van der Waals surface area contributed by atoms with Gasteiger partial charge in [-0.25, -0.2) is 13.9 Å². The van der Waals surface area contributed by atoms with Crippen molar-refractivity contribution >= 4 is 0 Å². The van der Waals surface area contributed by atoms with Gasteiger partial charge in [0.1, 0.15) is 6.73 Å². The standard InChI is InChI=1S/C7H8N2O3/c1-2-3-8-4-6(11)9(5-10)7(8)12/h4,10-11H,5H2,1H3. The normalized spacial score (nSPS) is 9.17. The van der Waals surface area contributed by atoms with Crippen LogP contribution in [0.4, 0.5) is 0 Å². The molecule has 12 heavy (non-hydrogen) atoms. The van der Waals surface area contributed by atoms with E-state index >= 15 is 0 Å². The highest BCUT2D eigenvalue weighted by Gasteiger charge is 2.06. The number of aliphatic hydroxyl groups excluding tert-OH is 1. The van der Waals surface area contributed by atoms with Crippen molar-refractivity contribution in [1.29, 1.82) is 0 Å². The molecule has 0 aliphatic rings. The molecule has 0 amide bonds. The minimum absolute atomic E-state index is 0.301. The lowest BCUT2D eigenvalue weighted by Gasteiger charge is -1.92. The van der Waals surface area contributed by atoms with E-state index in [0.717, 1.165) is 15.3 Å². The van der Waals surface area contributed by atoms with Crippen LogP contribution in [0.15, 0.2) is 11.0 Å². The van der Waals surface area contributed by atoms with Crippen LogP contribution in [0.3, 0.4) is 0 Å². The van der Waals surface area contributed by atoms with Crippen LogP contribution in [0.2, 0.25) is 0 Å². The molecule has 0 bridgehead atoms. The molecule has 1 aromatic rings. The van der Waals surface area contributed by atoms with Crippen LogP contribution in [0.25, 0.3) is 0 Å². The number of hydrogen-bond donors (Lipinski definition) is 2. The summed E-state index contributed by atoms with van der Waals surface area (Å²) in [6.45, 7) is 1.02. The molecule has 64 valence electrons. The first-order chi connectivity index (χ1) is 5.70. The van der Waals surface area contributed by atoms with Gasteiger partial charge in [-0.15, -0.1) is 0 Å². The fourth-order valence-electron chi connectivity index (χ4n) is 0.802. The van der Waals surface area contributed by atoms with Crippen molar-refractivity contribution in [2.45, 2.75) is 13.7 Å². The van der Waals surface area contributed by atoms with Gasteiger partial charge in [0.15, 0.2) is 0 Å². The van der Waals surface area contributed by atoms with Crippen LogP contribution in [0.1, 0.15) is 6.92 Å². The van der Waals surface area contributed by atoms with Crippen molar-refractivity contribution in [2.24, 2.45) is 0 Å². The highest BCUT2D eigenvalue weighted by atomic mass is 16.3. The first kappa shape index (κ1) is 8.43. The van der Waals surface area contributed by atoms with E-state index in [1.54, 1.807) is 6.92 Å². The van der Waals surface area contributed by atoms with E-state index in [4.69, 9.17) is 10.2 Å². The van der Waals surface area contributed by atoms with E-state index in [0.29, 0.717) is 0 Å². The van der Waals surface area contributed by atoms with Gasteiger partial charge < -0.3 is 10.2 Å². The number of aliphatic hydroxyl groups is 1. The number of rotatable bonds is 1. The first-order valence-electron chi connectivity index (χ1n) is 3.25. The molecule has 2 N–H and O–H groups in total. The van der Waals surface area contributed by atoms with E-state index in [1.165, 1.54) is 0 Å². The van der Waals surface area contributed by atoms with Crippen molar-refractivity contribution in [3.05, 3.63) is 16.7 Å². The summed E-state index contributed by atoms with van der Waals surface area (Å²) in [6.07, 6.45) is 1.15. The highest BCUT2D eigenvalue weighted by Crippen LogP contribution is 2.02. The molecule has 1 aromatic heterocycles. The van der Waals surface area contributed by atoms with Gasteiger partial charge in [-0.3, -0.25) is 0 Å². The molecule has 0 saturated carbocycles. The molecule has 0 fully saturated rings. The van der Waals surface area contributed by atoms with Crippen molar-refractivity contribution in [2.75, 3.05) is 0 Å². The van der Waals surface area contributed by atoms with Crippen LogP contribution >= 0.6 is 0 Å². The van der Waals surface area contributed by atoms with E-state index in [2.05, 4.69) is 12.0 Å². The molecule has 0 aliphatic heterocycles. The van der Waals surface area contributed by atoms with Crippen LogP contribution in [-0.2, 0) is 6.73 Å².